The summed E-state index contributed by atoms with van der Waals surface area (Å²) in [6.45, 7) is 5.10. The fraction of sp³-hybridized carbons (Fsp3) is 0.714. The van der Waals surface area contributed by atoms with E-state index in [1.54, 1.807) is 10.9 Å². The predicted octanol–water partition coefficient (Wildman–Crippen LogP) is 3.96. The monoisotopic (exact) mass is 268 g/mol. The molecule has 0 aromatic carbocycles. The Hall–Kier alpha value is -0.830. The van der Waals surface area contributed by atoms with Gasteiger partial charge in [0.1, 0.15) is 5.69 Å². The van der Waals surface area contributed by atoms with Crippen LogP contribution in [-0.2, 0) is 6.54 Å². The van der Waals surface area contributed by atoms with Crippen LogP contribution in [0.4, 0.5) is 0 Å². The summed E-state index contributed by atoms with van der Waals surface area (Å²) in [5.41, 5.74) is 0.623. The maximum absolute atomic E-state index is 12.5. The molecule has 0 bridgehead atoms. The van der Waals surface area contributed by atoms with Crippen LogP contribution in [-0.4, -0.2) is 15.6 Å². The van der Waals surface area contributed by atoms with Crippen LogP contribution >= 0.6 is 11.6 Å². The van der Waals surface area contributed by atoms with Gasteiger partial charge in [0.05, 0.1) is 11.2 Å². The average Bonchev–Trinajstić information content (AvgIpc) is 2.71. The molecule has 1 aromatic heterocycles. The van der Waals surface area contributed by atoms with E-state index in [1.165, 1.54) is 0 Å². The van der Waals surface area contributed by atoms with Gasteiger partial charge < -0.3 is 0 Å². The molecule has 18 heavy (non-hydrogen) atoms. The number of carbonyl (C=O) groups is 1. The molecule has 0 unspecified atom stereocenters. The van der Waals surface area contributed by atoms with Crippen molar-refractivity contribution in [3.63, 3.8) is 0 Å². The third-order valence-electron chi connectivity index (χ3n) is 3.85. The smallest absolute Gasteiger partial charge is 0.185 e. The zero-order valence-electron chi connectivity index (χ0n) is 11.2. The van der Waals surface area contributed by atoms with Crippen molar-refractivity contribution in [2.45, 2.75) is 52.5 Å². The van der Waals surface area contributed by atoms with E-state index >= 15 is 0 Å². The van der Waals surface area contributed by atoms with Crippen LogP contribution < -0.4 is 0 Å². The Labute approximate surface area is 114 Å². The number of carbonyl (C=O) groups excluding carboxylic acids is 1. The Kier molecular flexibility index (Phi) is 4.44. The highest BCUT2D eigenvalue weighted by Gasteiger charge is 2.28. The molecule has 1 aliphatic carbocycles. The summed E-state index contributed by atoms with van der Waals surface area (Å²) < 4.78 is 1.77. The molecule has 0 amide bonds. The zero-order valence-corrected chi connectivity index (χ0v) is 11.9. The second-order valence-electron chi connectivity index (χ2n) is 5.39. The van der Waals surface area contributed by atoms with Gasteiger partial charge in [-0.25, -0.2) is 0 Å². The number of ketones is 1. The van der Waals surface area contributed by atoms with Crippen LogP contribution in [0, 0.1) is 11.8 Å². The van der Waals surface area contributed by atoms with Gasteiger partial charge in [0.2, 0.25) is 0 Å². The van der Waals surface area contributed by atoms with E-state index in [4.69, 9.17) is 11.6 Å². The van der Waals surface area contributed by atoms with E-state index in [-0.39, 0.29) is 11.7 Å². The lowest BCUT2D eigenvalue weighted by molar-refractivity contribution is 0.0864. The summed E-state index contributed by atoms with van der Waals surface area (Å²) in [5, 5.41) is 4.71. The largest absolute Gasteiger partial charge is 0.292 e. The Morgan fingerprint density at radius 2 is 2.11 bits per heavy atom. The van der Waals surface area contributed by atoms with E-state index in [0.29, 0.717) is 10.7 Å². The van der Waals surface area contributed by atoms with Gasteiger partial charge >= 0.3 is 0 Å². The molecule has 100 valence electrons. The minimum Gasteiger partial charge on any atom is -0.292 e. The molecule has 3 nitrogen and oxygen atoms in total. The van der Waals surface area contributed by atoms with Crippen molar-refractivity contribution in [3.05, 3.63) is 16.9 Å². The molecule has 0 spiro atoms. The van der Waals surface area contributed by atoms with Gasteiger partial charge in [-0.05, 0) is 25.2 Å². The van der Waals surface area contributed by atoms with Crippen molar-refractivity contribution in [2.24, 2.45) is 11.8 Å². The molecule has 0 N–H and O–H groups in total. The van der Waals surface area contributed by atoms with Gasteiger partial charge in [-0.1, -0.05) is 38.3 Å². The fourth-order valence-corrected chi connectivity index (χ4v) is 2.94. The molecule has 0 aliphatic heterocycles. The standard InChI is InChI=1S/C14H21ClN2O/c1-3-8-17-13(12(15)9-16-17)14(18)11-6-4-10(2)5-7-11/h9-11H,3-8H2,1-2H3. The number of aryl methyl sites for hydroxylation is 1. The van der Waals surface area contributed by atoms with E-state index in [9.17, 15) is 4.79 Å². The van der Waals surface area contributed by atoms with Gasteiger partial charge in [-0.2, -0.15) is 5.10 Å². The van der Waals surface area contributed by atoms with Crippen LogP contribution in [0.2, 0.25) is 5.02 Å². The molecule has 1 aliphatic rings. The summed E-state index contributed by atoms with van der Waals surface area (Å²) in [4.78, 5) is 12.5. The highest BCUT2D eigenvalue weighted by atomic mass is 35.5. The van der Waals surface area contributed by atoms with Gasteiger partial charge in [0, 0.05) is 12.5 Å². The van der Waals surface area contributed by atoms with Crippen LogP contribution in [0.3, 0.4) is 0 Å². The van der Waals surface area contributed by atoms with E-state index in [1.807, 2.05) is 0 Å². The van der Waals surface area contributed by atoms with Gasteiger partial charge in [0.15, 0.2) is 5.78 Å². The third kappa shape index (κ3) is 2.77. The molecular weight excluding hydrogens is 248 g/mol. The lowest BCUT2D eigenvalue weighted by atomic mass is 9.80. The Morgan fingerprint density at radius 1 is 1.44 bits per heavy atom. The number of Topliss-reactive ketones (excluding diaryl/α,β-unsaturated/α-hetero) is 1. The summed E-state index contributed by atoms with van der Waals surface area (Å²) in [5.74, 6) is 1.09. The maximum atomic E-state index is 12.5. The van der Waals surface area contributed by atoms with Crippen LogP contribution in [0.1, 0.15) is 56.4 Å². The van der Waals surface area contributed by atoms with E-state index < -0.39 is 0 Å². The van der Waals surface area contributed by atoms with Crippen LogP contribution in [0.25, 0.3) is 0 Å². The average molecular weight is 269 g/mol. The maximum Gasteiger partial charge on any atom is 0.185 e. The molecule has 1 aromatic rings. The Morgan fingerprint density at radius 3 is 2.72 bits per heavy atom. The lowest BCUT2D eigenvalue weighted by Crippen LogP contribution is -2.23. The minimum atomic E-state index is 0.144. The highest BCUT2D eigenvalue weighted by Crippen LogP contribution is 2.32. The van der Waals surface area contributed by atoms with Crippen LogP contribution in [0.15, 0.2) is 6.20 Å². The predicted molar refractivity (Wildman–Crippen MR) is 73.0 cm³/mol. The molecule has 0 radical (unpaired) electrons. The first-order valence-electron chi connectivity index (χ1n) is 6.89. The highest BCUT2D eigenvalue weighted by molar-refractivity contribution is 6.33. The van der Waals surface area contributed by atoms with E-state index in [0.717, 1.165) is 44.6 Å². The van der Waals surface area contributed by atoms with Gasteiger partial charge in [-0.3, -0.25) is 9.48 Å². The summed E-state index contributed by atoms with van der Waals surface area (Å²) in [7, 11) is 0. The Bertz CT molecular complexity index is 419. The molecule has 0 atom stereocenters. The topological polar surface area (TPSA) is 34.9 Å². The summed E-state index contributed by atoms with van der Waals surface area (Å²) >= 11 is 6.12. The molecule has 2 rings (SSSR count). The normalized spacial score (nSPS) is 24.2. The van der Waals surface area contributed by atoms with Crippen molar-refractivity contribution in [2.75, 3.05) is 0 Å². The molecule has 0 saturated heterocycles. The molecule has 4 heteroatoms. The molecule has 1 fully saturated rings. The van der Waals surface area contributed by atoms with Crippen molar-refractivity contribution in [3.8, 4) is 0 Å². The zero-order chi connectivity index (χ0) is 13.1. The van der Waals surface area contributed by atoms with Crippen molar-refractivity contribution in [1.29, 1.82) is 0 Å². The first-order chi connectivity index (χ1) is 8.63. The minimum absolute atomic E-state index is 0.144. The van der Waals surface area contributed by atoms with Gasteiger partial charge in [0.25, 0.3) is 0 Å². The third-order valence-corrected chi connectivity index (χ3v) is 4.13. The fourth-order valence-electron chi connectivity index (χ4n) is 2.70. The number of nitrogens with zero attached hydrogens (tertiary/aromatic N) is 2. The Balaban J connectivity index is 2.15. The SMILES string of the molecule is CCCn1ncc(Cl)c1C(=O)C1CCC(C)CC1. The quantitative estimate of drug-likeness (QED) is 0.775. The second-order valence-corrected chi connectivity index (χ2v) is 5.79. The first-order valence-corrected chi connectivity index (χ1v) is 7.26. The lowest BCUT2D eigenvalue weighted by Gasteiger charge is -2.25. The number of hydrogen-bond donors (Lipinski definition) is 0. The number of rotatable bonds is 4. The molecule has 1 heterocycles. The summed E-state index contributed by atoms with van der Waals surface area (Å²) in [6.07, 6.45) is 6.84. The number of halogens is 1. The molecular formula is C14H21ClN2O. The summed E-state index contributed by atoms with van der Waals surface area (Å²) in [6, 6.07) is 0. The first kappa shape index (κ1) is 13.6. The van der Waals surface area contributed by atoms with Crippen molar-refractivity contribution < 1.29 is 4.79 Å². The van der Waals surface area contributed by atoms with Gasteiger partial charge in [-0.15, -0.1) is 0 Å². The van der Waals surface area contributed by atoms with Crippen molar-refractivity contribution in [1.82, 2.24) is 9.78 Å². The molecule has 1 saturated carbocycles. The van der Waals surface area contributed by atoms with Crippen LogP contribution in [0.5, 0.6) is 0 Å². The number of hydrogen-bond acceptors (Lipinski definition) is 2. The second kappa shape index (κ2) is 5.87. The van der Waals surface area contributed by atoms with Crippen molar-refractivity contribution >= 4 is 17.4 Å². The number of aromatic nitrogens is 2. The van der Waals surface area contributed by atoms with E-state index in [2.05, 4.69) is 18.9 Å².